The van der Waals surface area contributed by atoms with Gasteiger partial charge in [0.05, 0.1) is 12.0 Å². The minimum absolute atomic E-state index is 0.0808. The van der Waals surface area contributed by atoms with Crippen LogP contribution in [0.15, 0.2) is 36.3 Å². The van der Waals surface area contributed by atoms with E-state index in [4.69, 9.17) is 0 Å². The largest absolute Gasteiger partial charge is 0.371 e. The maximum Gasteiger partial charge on any atom is 0.277 e. The summed E-state index contributed by atoms with van der Waals surface area (Å²) in [4.78, 5) is 44.2. The molecule has 3 heterocycles. The number of carbonyl (C=O) groups excluding carboxylic acids is 3. The molecule has 168 valence electrons. The summed E-state index contributed by atoms with van der Waals surface area (Å²) < 4.78 is 2.12. The monoisotopic (exact) mass is 435 g/mol. The average molecular weight is 436 g/mol. The lowest BCUT2D eigenvalue weighted by atomic mass is 10.1. The normalized spacial score (nSPS) is 17.3. The predicted molar refractivity (Wildman–Crippen MR) is 122 cm³/mol. The number of fused-ring (bicyclic) bond motifs is 1. The van der Waals surface area contributed by atoms with Gasteiger partial charge in [-0.25, -0.2) is 4.98 Å². The van der Waals surface area contributed by atoms with Crippen molar-refractivity contribution in [1.82, 2.24) is 19.8 Å². The third kappa shape index (κ3) is 4.30. The van der Waals surface area contributed by atoms with Gasteiger partial charge in [-0.1, -0.05) is 32.0 Å². The number of rotatable bonds is 6. The molecular weight excluding hydrogens is 406 g/mol. The summed E-state index contributed by atoms with van der Waals surface area (Å²) in [6, 6.07) is 8.56. The zero-order valence-electron chi connectivity index (χ0n) is 18.8. The van der Waals surface area contributed by atoms with Crippen LogP contribution in [0.5, 0.6) is 0 Å². The van der Waals surface area contributed by atoms with Gasteiger partial charge < -0.3 is 14.8 Å². The number of hydrogen-bond donors (Lipinski definition) is 1. The van der Waals surface area contributed by atoms with Gasteiger partial charge in [0, 0.05) is 37.9 Å². The molecule has 0 bridgehead atoms. The van der Waals surface area contributed by atoms with E-state index in [1.807, 2.05) is 0 Å². The Labute approximate surface area is 187 Å². The van der Waals surface area contributed by atoms with Crippen LogP contribution in [0.4, 0.5) is 5.69 Å². The fourth-order valence-electron chi connectivity index (χ4n) is 4.49. The molecule has 8 heteroatoms. The number of nitrogens with one attached hydrogen (secondary N) is 1. The van der Waals surface area contributed by atoms with Gasteiger partial charge in [0.15, 0.2) is 0 Å². The number of carbonyl (C=O) groups is 3. The van der Waals surface area contributed by atoms with E-state index in [1.54, 1.807) is 12.4 Å². The molecular formula is C24H29N5O3. The minimum atomic E-state index is -0.506. The van der Waals surface area contributed by atoms with Crippen molar-refractivity contribution < 1.29 is 14.4 Å². The Morgan fingerprint density at radius 1 is 1.22 bits per heavy atom. The molecule has 4 rings (SSSR count). The van der Waals surface area contributed by atoms with E-state index in [2.05, 4.69) is 57.9 Å². The summed E-state index contributed by atoms with van der Waals surface area (Å²) in [5.41, 5.74) is 4.46. The summed E-state index contributed by atoms with van der Waals surface area (Å²) >= 11 is 0. The molecule has 0 saturated carbocycles. The number of aryl methyl sites for hydroxylation is 1. The Bertz CT molecular complexity index is 1090. The number of aromatic nitrogens is 2. The smallest absolute Gasteiger partial charge is 0.277 e. The summed E-state index contributed by atoms with van der Waals surface area (Å²) in [5, 5.41) is 2.59. The fraction of sp³-hybridized carbons (Fsp3) is 0.417. The lowest BCUT2D eigenvalue weighted by Crippen LogP contribution is -2.51. The first-order valence-corrected chi connectivity index (χ1v) is 11.1. The van der Waals surface area contributed by atoms with Crippen LogP contribution in [0.1, 0.15) is 50.1 Å². The first-order valence-electron chi connectivity index (χ1n) is 11.1. The summed E-state index contributed by atoms with van der Waals surface area (Å²) in [6.07, 6.45) is 5.43. The average Bonchev–Trinajstić information content (AvgIpc) is 3.34. The van der Waals surface area contributed by atoms with E-state index in [0.29, 0.717) is 5.69 Å². The Hall–Kier alpha value is -3.42. The van der Waals surface area contributed by atoms with E-state index in [9.17, 15) is 14.4 Å². The van der Waals surface area contributed by atoms with Crippen LogP contribution >= 0.6 is 0 Å². The van der Waals surface area contributed by atoms with Gasteiger partial charge in [0.2, 0.25) is 11.8 Å². The SMILES string of the molecule is CC(=O)N1CC(=O)N/C(=C\c2ncn(CCCN3CCc4ccccc43)c2C(C)C)C1=O. The van der Waals surface area contributed by atoms with E-state index in [1.165, 1.54) is 18.2 Å². The predicted octanol–water partition coefficient (Wildman–Crippen LogP) is 2.31. The van der Waals surface area contributed by atoms with Gasteiger partial charge in [-0.15, -0.1) is 0 Å². The number of nitrogens with zero attached hydrogens (tertiary/aromatic N) is 4. The van der Waals surface area contributed by atoms with E-state index in [-0.39, 0.29) is 24.1 Å². The van der Waals surface area contributed by atoms with Crippen LogP contribution in [0.2, 0.25) is 0 Å². The van der Waals surface area contributed by atoms with Crippen LogP contribution in [0.25, 0.3) is 6.08 Å². The maximum absolute atomic E-state index is 12.6. The number of para-hydroxylation sites is 1. The lowest BCUT2D eigenvalue weighted by molar-refractivity contribution is -0.147. The van der Waals surface area contributed by atoms with Crippen molar-refractivity contribution in [3.8, 4) is 0 Å². The molecule has 1 aromatic carbocycles. The molecule has 1 N–H and O–H groups in total. The molecule has 0 unspecified atom stereocenters. The van der Waals surface area contributed by atoms with Crippen molar-refractivity contribution >= 4 is 29.5 Å². The zero-order chi connectivity index (χ0) is 22.8. The first-order chi connectivity index (χ1) is 15.3. The highest BCUT2D eigenvalue weighted by Gasteiger charge is 2.31. The van der Waals surface area contributed by atoms with Crippen molar-refractivity contribution in [3.63, 3.8) is 0 Å². The van der Waals surface area contributed by atoms with Gasteiger partial charge in [-0.2, -0.15) is 0 Å². The molecule has 3 amide bonds. The van der Waals surface area contributed by atoms with Gasteiger partial charge in [0.1, 0.15) is 12.2 Å². The first kappa shape index (κ1) is 21.8. The number of hydrogen-bond acceptors (Lipinski definition) is 5. The molecule has 1 saturated heterocycles. The van der Waals surface area contributed by atoms with Crippen LogP contribution in [-0.2, 0) is 27.3 Å². The Morgan fingerprint density at radius 3 is 2.75 bits per heavy atom. The van der Waals surface area contributed by atoms with Gasteiger partial charge >= 0.3 is 0 Å². The summed E-state index contributed by atoms with van der Waals surface area (Å²) in [6.45, 7) is 8.00. The van der Waals surface area contributed by atoms with Crippen LogP contribution in [0, 0.1) is 0 Å². The molecule has 2 aromatic rings. The van der Waals surface area contributed by atoms with E-state index in [0.717, 1.165) is 43.1 Å². The lowest BCUT2D eigenvalue weighted by Gasteiger charge is -2.25. The fourth-order valence-corrected chi connectivity index (χ4v) is 4.49. The molecule has 2 aliphatic rings. The highest BCUT2D eigenvalue weighted by atomic mass is 16.2. The molecule has 2 aliphatic heterocycles. The Kier molecular flexibility index (Phi) is 6.12. The molecule has 0 spiro atoms. The van der Waals surface area contributed by atoms with Crippen LogP contribution in [0.3, 0.4) is 0 Å². The molecule has 1 fully saturated rings. The standard InChI is InChI=1S/C24H29N5O3/c1-16(2)23-19(13-20-24(32)29(17(3)30)14-22(31)26-20)25-15-28(23)11-6-10-27-12-9-18-7-4-5-8-21(18)27/h4-5,7-8,13,15-16H,6,9-12,14H2,1-3H3,(H,26,31)/b20-13-. The number of anilines is 1. The number of amides is 3. The Balaban J connectivity index is 1.49. The molecule has 32 heavy (non-hydrogen) atoms. The van der Waals surface area contributed by atoms with E-state index < -0.39 is 11.8 Å². The van der Waals surface area contributed by atoms with Crippen molar-refractivity contribution in [2.24, 2.45) is 0 Å². The van der Waals surface area contributed by atoms with Crippen molar-refractivity contribution in [2.45, 2.75) is 46.1 Å². The number of imide groups is 1. The highest BCUT2D eigenvalue weighted by molar-refractivity contribution is 6.12. The second kappa shape index (κ2) is 8.98. The topological polar surface area (TPSA) is 87.5 Å². The van der Waals surface area contributed by atoms with Crippen LogP contribution in [-0.4, -0.2) is 51.8 Å². The van der Waals surface area contributed by atoms with Gasteiger partial charge in [-0.05, 0) is 36.5 Å². The van der Waals surface area contributed by atoms with Gasteiger partial charge in [0.25, 0.3) is 5.91 Å². The van der Waals surface area contributed by atoms with Crippen LogP contribution < -0.4 is 10.2 Å². The third-order valence-corrected chi connectivity index (χ3v) is 5.98. The van der Waals surface area contributed by atoms with Crippen molar-refractivity contribution in [1.29, 1.82) is 0 Å². The van der Waals surface area contributed by atoms with Crippen molar-refractivity contribution in [2.75, 3.05) is 24.5 Å². The second-order valence-corrected chi connectivity index (χ2v) is 8.60. The number of imidazole rings is 1. The number of piperazine rings is 1. The highest BCUT2D eigenvalue weighted by Crippen LogP contribution is 2.28. The zero-order valence-corrected chi connectivity index (χ0v) is 18.8. The Morgan fingerprint density at radius 2 is 2.00 bits per heavy atom. The summed E-state index contributed by atoms with van der Waals surface area (Å²) in [7, 11) is 0. The molecule has 0 aliphatic carbocycles. The molecule has 8 nitrogen and oxygen atoms in total. The summed E-state index contributed by atoms with van der Waals surface area (Å²) in [5.74, 6) is -1.17. The maximum atomic E-state index is 12.6. The van der Waals surface area contributed by atoms with E-state index >= 15 is 0 Å². The molecule has 1 aromatic heterocycles. The number of benzene rings is 1. The quantitative estimate of drug-likeness (QED) is 0.704. The third-order valence-electron chi connectivity index (χ3n) is 5.98. The second-order valence-electron chi connectivity index (χ2n) is 8.60. The minimum Gasteiger partial charge on any atom is -0.371 e. The molecule has 0 atom stereocenters. The van der Waals surface area contributed by atoms with Crippen molar-refractivity contribution in [3.05, 3.63) is 53.2 Å². The van der Waals surface area contributed by atoms with Gasteiger partial charge in [-0.3, -0.25) is 19.3 Å². The molecule has 0 radical (unpaired) electrons.